The monoisotopic (exact) mass is 292 g/mol. The van der Waals surface area contributed by atoms with Crippen molar-refractivity contribution < 1.29 is 9.47 Å². The molecule has 0 saturated carbocycles. The number of nitrogens with zero attached hydrogens (tertiary/aromatic N) is 2. The van der Waals surface area contributed by atoms with Crippen LogP contribution in [0.25, 0.3) is 6.08 Å². The van der Waals surface area contributed by atoms with Gasteiger partial charge in [0.1, 0.15) is 0 Å². The zero-order valence-electron chi connectivity index (χ0n) is 12.2. The number of pyridine rings is 1. The molecule has 1 aromatic carbocycles. The summed E-state index contributed by atoms with van der Waals surface area (Å²) in [6.07, 6.45) is 7.90. The van der Waals surface area contributed by atoms with Gasteiger partial charge in [-0.15, -0.1) is 0 Å². The topological polar surface area (TPSA) is 43.7 Å². The fourth-order valence-corrected chi connectivity index (χ4v) is 2.85. The molecule has 0 aliphatic carbocycles. The molecule has 0 bridgehead atoms. The second kappa shape index (κ2) is 5.64. The van der Waals surface area contributed by atoms with Crippen molar-refractivity contribution in [2.45, 2.75) is 12.8 Å². The smallest absolute Gasteiger partial charge is 0.231 e. The van der Waals surface area contributed by atoms with Crippen molar-refractivity contribution in [2.75, 3.05) is 13.3 Å². The van der Waals surface area contributed by atoms with E-state index >= 15 is 0 Å². The van der Waals surface area contributed by atoms with Crippen molar-refractivity contribution in [3.63, 3.8) is 0 Å². The molecule has 0 atom stereocenters. The van der Waals surface area contributed by atoms with Crippen LogP contribution in [0.3, 0.4) is 0 Å². The summed E-state index contributed by atoms with van der Waals surface area (Å²) in [6.45, 7) is 1.16. The number of hydrogen-bond donors (Lipinski definition) is 0. The lowest BCUT2D eigenvalue weighted by molar-refractivity contribution is 0.174. The molecule has 0 N–H and O–H groups in total. The van der Waals surface area contributed by atoms with Crippen molar-refractivity contribution in [3.05, 3.63) is 59.4 Å². The Morgan fingerprint density at radius 2 is 2.09 bits per heavy atom. The van der Waals surface area contributed by atoms with Crippen LogP contribution in [-0.4, -0.2) is 24.0 Å². The van der Waals surface area contributed by atoms with Crippen molar-refractivity contribution in [2.24, 2.45) is 4.99 Å². The predicted molar refractivity (Wildman–Crippen MR) is 85.4 cm³/mol. The van der Waals surface area contributed by atoms with Gasteiger partial charge in [-0.05, 0) is 42.7 Å². The lowest BCUT2D eigenvalue weighted by Crippen LogP contribution is -2.11. The van der Waals surface area contributed by atoms with Crippen LogP contribution < -0.4 is 9.47 Å². The average Bonchev–Trinajstić information content (AvgIpc) is 3.06. The van der Waals surface area contributed by atoms with Crippen molar-refractivity contribution in [3.8, 4) is 11.5 Å². The van der Waals surface area contributed by atoms with Gasteiger partial charge in [-0.1, -0.05) is 12.1 Å². The minimum Gasteiger partial charge on any atom is -0.454 e. The molecule has 3 heterocycles. The van der Waals surface area contributed by atoms with Crippen molar-refractivity contribution in [1.29, 1.82) is 0 Å². The molecular weight excluding hydrogens is 276 g/mol. The van der Waals surface area contributed by atoms with E-state index in [9.17, 15) is 0 Å². The first-order valence-electron chi connectivity index (χ1n) is 7.46. The molecule has 22 heavy (non-hydrogen) atoms. The van der Waals surface area contributed by atoms with E-state index < -0.39 is 0 Å². The SMILES string of the molecule is C(=C1/CCCN=C1c1cccnc1)/c1cccc2c1OCO2. The predicted octanol–water partition coefficient (Wildman–Crippen LogP) is 3.48. The summed E-state index contributed by atoms with van der Waals surface area (Å²) in [6, 6.07) is 9.97. The number of hydrogen-bond acceptors (Lipinski definition) is 4. The summed E-state index contributed by atoms with van der Waals surface area (Å²) in [4.78, 5) is 8.91. The van der Waals surface area contributed by atoms with E-state index in [4.69, 9.17) is 14.5 Å². The Morgan fingerprint density at radius 1 is 1.09 bits per heavy atom. The lowest BCUT2D eigenvalue weighted by Gasteiger charge is -2.16. The van der Waals surface area contributed by atoms with Gasteiger partial charge in [-0.25, -0.2) is 0 Å². The Balaban J connectivity index is 1.76. The maximum Gasteiger partial charge on any atom is 0.231 e. The second-order valence-corrected chi connectivity index (χ2v) is 5.33. The summed E-state index contributed by atoms with van der Waals surface area (Å²) in [5.41, 5.74) is 4.38. The largest absolute Gasteiger partial charge is 0.454 e. The van der Waals surface area contributed by atoms with Gasteiger partial charge in [0, 0.05) is 30.1 Å². The molecule has 4 heteroatoms. The number of para-hydroxylation sites is 1. The number of allylic oxidation sites excluding steroid dienone is 1. The van der Waals surface area contributed by atoms with Gasteiger partial charge in [0.25, 0.3) is 0 Å². The van der Waals surface area contributed by atoms with Crippen LogP contribution in [0.5, 0.6) is 11.5 Å². The first kappa shape index (κ1) is 13.1. The molecule has 0 amide bonds. The average molecular weight is 292 g/mol. The summed E-state index contributed by atoms with van der Waals surface area (Å²) in [5, 5.41) is 0. The number of rotatable bonds is 2. The fraction of sp³-hybridized carbons (Fsp3) is 0.222. The van der Waals surface area contributed by atoms with Gasteiger partial charge in [-0.3, -0.25) is 9.98 Å². The van der Waals surface area contributed by atoms with E-state index in [-0.39, 0.29) is 0 Å². The second-order valence-electron chi connectivity index (χ2n) is 5.33. The quantitative estimate of drug-likeness (QED) is 0.851. The maximum atomic E-state index is 5.59. The normalized spacial score (nSPS) is 18.4. The number of ether oxygens (including phenoxy) is 2. The van der Waals surface area contributed by atoms with Crippen LogP contribution in [0.4, 0.5) is 0 Å². The number of benzene rings is 1. The van der Waals surface area contributed by atoms with Gasteiger partial charge in [0.2, 0.25) is 6.79 Å². The molecule has 0 saturated heterocycles. The molecule has 110 valence electrons. The van der Waals surface area contributed by atoms with Crippen molar-refractivity contribution >= 4 is 11.8 Å². The highest BCUT2D eigenvalue weighted by atomic mass is 16.7. The summed E-state index contributed by atoms with van der Waals surface area (Å²) in [5.74, 6) is 1.64. The Morgan fingerprint density at radius 3 is 3.00 bits per heavy atom. The molecular formula is C18H16N2O2. The standard InChI is InChI=1S/C18H16N2O2/c1-4-14(18-16(7-1)21-12-22-18)10-13-5-3-9-20-17(13)15-6-2-8-19-11-15/h1-2,4,6-8,10-11H,3,5,9,12H2/b13-10+. The Kier molecular flexibility index (Phi) is 3.35. The third-order valence-electron chi connectivity index (χ3n) is 3.87. The summed E-state index contributed by atoms with van der Waals surface area (Å²) < 4.78 is 11.0. The molecule has 0 fully saturated rings. The molecule has 2 aromatic rings. The highest BCUT2D eigenvalue weighted by Gasteiger charge is 2.19. The highest BCUT2D eigenvalue weighted by molar-refractivity contribution is 6.15. The van der Waals surface area contributed by atoms with Crippen LogP contribution in [0.15, 0.2) is 53.3 Å². The lowest BCUT2D eigenvalue weighted by atomic mass is 9.94. The van der Waals surface area contributed by atoms with E-state index in [1.165, 1.54) is 5.57 Å². The number of aromatic nitrogens is 1. The Bertz CT molecular complexity index is 751. The Hall–Kier alpha value is -2.62. The minimum absolute atomic E-state index is 0.291. The first-order chi connectivity index (χ1) is 10.9. The van der Waals surface area contributed by atoms with E-state index in [2.05, 4.69) is 23.2 Å². The third kappa shape index (κ3) is 2.37. The molecule has 4 nitrogen and oxygen atoms in total. The van der Waals surface area contributed by atoms with Gasteiger partial charge < -0.3 is 9.47 Å². The van der Waals surface area contributed by atoms with Gasteiger partial charge in [0.15, 0.2) is 11.5 Å². The van der Waals surface area contributed by atoms with Crippen LogP contribution >= 0.6 is 0 Å². The summed E-state index contributed by atoms with van der Waals surface area (Å²) >= 11 is 0. The van der Waals surface area contributed by atoms with Crippen LogP contribution in [0.2, 0.25) is 0 Å². The number of fused-ring (bicyclic) bond motifs is 1. The fourth-order valence-electron chi connectivity index (χ4n) is 2.85. The van der Waals surface area contributed by atoms with E-state index in [0.29, 0.717) is 6.79 Å². The molecule has 2 aliphatic heterocycles. The molecule has 0 spiro atoms. The molecule has 2 aliphatic rings. The van der Waals surface area contributed by atoms with Crippen LogP contribution in [-0.2, 0) is 0 Å². The molecule has 0 radical (unpaired) electrons. The number of aliphatic imine (C=N–C) groups is 1. The van der Waals surface area contributed by atoms with E-state index in [0.717, 1.165) is 47.7 Å². The zero-order valence-corrected chi connectivity index (χ0v) is 12.2. The van der Waals surface area contributed by atoms with Gasteiger partial charge >= 0.3 is 0 Å². The maximum absolute atomic E-state index is 5.59. The van der Waals surface area contributed by atoms with Crippen LogP contribution in [0, 0.1) is 0 Å². The first-order valence-corrected chi connectivity index (χ1v) is 7.46. The van der Waals surface area contributed by atoms with Crippen LogP contribution in [0.1, 0.15) is 24.0 Å². The van der Waals surface area contributed by atoms with Crippen molar-refractivity contribution in [1.82, 2.24) is 4.98 Å². The zero-order chi connectivity index (χ0) is 14.8. The summed E-state index contributed by atoms with van der Waals surface area (Å²) in [7, 11) is 0. The molecule has 0 unspecified atom stereocenters. The van der Waals surface area contributed by atoms with E-state index in [1.54, 1.807) is 6.20 Å². The minimum atomic E-state index is 0.291. The highest BCUT2D eigenvalue weighted by Crippen LogP contribution is 2.37. The Labute approximate surface area is 129 Å². The van der Waals surface area contributed by atoms with Gasteiger partial charge in [0.05, 0.1) is 5.71 Å². The molecule has 1 aromatic heterocycles. The van der Waals surface area contributed by atoms with E-state index in [1.807, 2.05) is 24.4 Å². The molecule has 4 rings (SSSR count). The third-order valence-corrected chi connectivity index (χ3v) is 3.87. The van der Waals surface area contributed by atoms with Gasteiger partial charge in [-0.2, -0.15) is 0 Å².